The summed E-state index contributed by atoms with van der Waals surface area (Å²) in [6.45, 7) is 6.33. The molecule has 2 amide bonds. The van der Waals surface area contributed by atoms with Gasteiger partial charge in [-0.3, -0.25) is 9.59 Å². The third-order valence-electron chi connectivity index (χ3n) is 4.33. The van der Waals surface area contributed by atoms with Gasteiger partial charge in [0, 0.05) is 32.8 Å². The minimum absolute atomic E-state index is 0.0573. The van der Waals surface area contributed by atoms with Crippen molar-refractivity contribution in [2.45, 2.75) is 32.8 Å². The molecule has 0 radical (unpaired) electrons. The molecule has 0 unspecified atom stereocenters. The summed E-state index contributed by atoms with van der Waals surface area (Å²) in [5.74, 6) is 0.530. The van der Waals surface area contributed by atoms with Gasteiger partial charge in [-0.2, -0.15) is 0 Å². The van der Waals surface area contributed by atoms with E-state index in [4.69, 9.17) is 9.26 Å². The SMILES string of the molecule is Cc1noc(C)c1C(=O)N1CCN(C(=O)[C@H]2CCCO2)CC1. The van der Waals surface area contributed by atoms with Crippen molar-refractivity contribution in [1.82, 2.24) is 15.0 Å². The third-order valence-corrected chi connectivity index (χ3v) is 4.33. The maximum atomic E-state index is 12.5. The van der Waals surface area contributed by atoms with E-state index in [-0.39, 0.29) is 17.9 Å². The van der Waals surface area contributed by atoms with Gasteiger partial charge in [-0.15, -0.1) is 0 Å². The molecule has 3 heterocycles. The highest BCUT2D eigenvalue weighted by molar-refractivity contribution is 5.96. The Morgan fingerprint density at radius 3 is 2.36 bits per heavy atom. The Kier molecular flexibility index (Phi) is 4.15. The monoisotopic (exact) mass is 307 g/mol. The first kappa shape index (κ1) is 15.0. The molecule has 7 heteroatoms. The van der Waals surface area contributed by atoms with Gasteiger partial charge in [0.05, 0.1) is 5.69 Å². The van der Waals surface area contributed by atoms with Gasteiger partial charge in [0.2, 0.25) is 0 Å². The number of hydrogen-bond donors (Lipinski definition) is 0. The second-order valence-corrected chi connectivity index (χ2v) is 5.82. The van der Waals surface area contributed by atoms with E-state index in [1.54, 1.807) is 23.6 Å². The first-order chi connectivity index (χ1) is 10.6. The van der Waals surface area contributed by atoms with Crippen LogP contribution < -0.4 is 0 Å². The molecule has 0 N–H and O–H groups in total. The third kappa shape index (κ3) is 2.72. The molecule has 0 bridgehead atoms. The maximum absolute atomic E-state index is 12.5. The lowest BCUT2D eigenvalue weighted by Crippen LogP contribution is -2.52. The fourth-order valence-corrected chi connectivity index (χ4v) is 3.05. The number of carbonyl (C=O) groups is 2. The molecule has 1 aromatic heterocycles. The van der Waals surface area contributed by atoms with E-state index in [0.29, 0.717) is 49.8 Å². The van der Waals surface area contributed by atoms with Gasteiger partial charge in [-0.25, -0.2) is 0 Å². The zero-order valence-corrected chi connectivity index (χ0v) is 13.0. The predicted molar refractivity (Wildman–Crippen MR) is 77.4 cm³/mol. The average molecular weight is 307 g/mol. The minimum atomic E-state index is -0.287. The first-order valence-corrected chi connectivity index (χ1v) is 7.70. The van der Waals surface area contributed by atoms with Gasteiger partial charge in [0.1, 0.15) is 17.4 Å². The summed E-state index contributed by atoms with van der Waals surface area (Å²) < 4.78 is 10.5. The molecule has 2 aliphatic heterocycles. The number of amides is 2. The van der Waals surface area contributed by atoms with E-state index in [1.807, 2.05) is 0 Å². The lowest BCUT2D eigenvalue weighted by Gasteiger charge is -2.35. The summed E-state index contributed by atoms with van der Waals surface area (Å²) in [6.07, 6.45) is 1.46. The van der Waals surface area contributed by atoms with Crippen molar-refractivity contribution in [3.8, 4) is 0 Å². The topological polar surface area (TPSA) is 75.9 Å². The predicted octanol–water partition coefficient (Wildman–Crippen LogP) is 0.755. The zero-order valence-electron chi connectivity index (χ0n) is 13.0. The Hall–Kier alpha value is -1.89. The van der Waals surface area contributed by atoms with E-state index in [0.717, 1.165) is 12.8 Å². The first-order valence-electron chi connectivity index (χ1n) is 7.70. The zero-order chi connectivity index (χ0) is 15.7. The van der Waals surface area contributed by atoms with Crippen molar-refractivity contribution in [1.29, 1.82) is 0 Å². The average Bonchev–Trinajstić information content (AvgIpc) is 3.17. The Labute approximate surface area is 129 Å². The van der Waals surface area contributed by atoms with Crippen LogP contribution in [0, 0.1) is 13.8 Å². The molecule has 0 saturated carbocycles. The van der Waals surface area contributed by atoms with Gasteiger partial charge >= 0.3 is 0 Å². The Morgan fingerprint density at radius 2 is 1.82 bits per heavy atom. The lowest BCUT2D eigenvalue weighted by atomic mass is 10.1. The van der Waals surface area contributed by atoms with Crippen molar-refractivity contribution in [3.05, 3.63) is 17.0 Å². The fourth-order valence-electron chi connectivity index (χ4n) is 3.05. The molecule has 1 aromatic rings. The number of carbonyl (C=O) groups excluding carboxylic acids is 2. The van der Waals surface area contributed by atoms with Crippen LogP contribution in [0.1, 0.15) is 34.7 Å². The highest BCUT2D eigenvalue weighted by atomic mass is 16.5. The normalized spacial score (nSPS) is 22.2. The van der Waals surface area contributed by atoms with Crippen molar-refractivity contribution < 1.29 is 18.8 Å². The van der Waals surface area contributed by atoms with Crippen molar-refractivity contribution in [2.75, 3.05) is 32.8 Å². The van der Waals surface area contributed by atoms with E-state index < -0.39 is 0 Å². The van der Waals surface area contributed by atoms with Crippen molar-refractivity contribution >= 4 is 11.8 Å². The van der Waals surface area contributed by atoms with Crippen molar-refractivity contribution in [2.24, 2.45) is 0 Å². The Bertz CT molecular complexity index is 550. The molecule has 1 atom stereocenters. The van der Waals surface area contributed by atoms with E-state index in [9.17, 15) is 9.59 Å². The van der Waals surface area contributed by atoms with Crippen LogP contribution in [-0.2, 0) is 9.53 Å². The van der Waals surface area contributed by atoms with Gasteiger partial charge < -0.3 is 19.1 Å². The second-order valence-electron chi connectivity index (χ2n) is 5.82. The molecule has 0 aromatic carbocycles. The van der Waals surface area contributed by atoms with Gasteiger partial charge in [0.15, 0.2) is 0 Å². The maximum Gasteiger partial charge on any atom is 0.259 e. The molecule has 120 valence electrons. The molecular weight excluding hydrogens is 286 g/mol. The van der Waals surface area contributed by atoms with E-state index in [2.05, 4.69) is 5.16 Å². The van der Waals surface area contributed by atoms with Crippen LogP contribution in [0.5, 0.6) is 0 Å². The summed E-state index contributed by atoms with van der Waals surface area (Å²) >= 11 is 0. The van der Waals surface area contributed by atoms with Crippen LogP contribution in [-0.4, -0.2) is 65.7 Å². The molecule has 2 saturated heterocycles. The van der Waals surface area contributed by atoms with Crippen LogP contribution in [0.25, 0.3) is 0 Å². The second kappa shape index (κ2) is 6.08. The molecule has 3 rings (SSSR count). The summed E-state index contributed by atoms with van der Waals surface area (Å²) in [5, 5.41) is 3.82. The summed E-state index contributed by atoms with van der Waals surface area (Å²) in [4.78, 5) is 28.4. The smallest absolute Gasteiger partial charge is 0.259 e. The number of aromatic nitrogens is 1. The highest BCUT2D eigenvalue weighted by Gasteiger charge is 2.32. The molecule has 22 heavy (non-hydrogen) atoms. The van der Waals surface area contributed by atoms with Crippen LogP contribution in [0.2, 0.25) is 0 Å². The summed E-state index contributed by atoms with van der Waals surface area (Å²) in [6, 6.07) is 0. The Morgan fingerprint density at radius 1 is 1.14 bits per heavy atom. The molecule has 0 aliphatic carbocycles. The minimum Gasteiger partial charge on any atom is -0.368 e. The number of ether oxygens (including phenoxy) is 1. The molecule has 7 nitrogen and oxygen atoms in total. The van der Waals surface area contributed by atoms with Crippen LogP contribution in [0.15, 0.2) is 4.52 Å². The Balaban J connectivity index is 1.59. The fraction of sp³-hybridized carbons (Fsp3) is 0.667. The standard InChI is InChI=1S/C15H21N3O4/c1-10-13(11(2)22-16-10)15(20)18-7-5-17(6-8-18)14(19)12-4-3-9-21-12/h12H,3-9H2,1-2H3/t12-/m1/s1. The number of rotatable bonds is 2. The largest absolute Gasteiger partial charge is 0.368 e. The lowest BCUT2D eigenvalue weighted by molar-refractivity contribution is -0.142. The van der Waals surface area contributed by atoms with Crippen LogP contribution in [0.4, 0.5) is 0 Å². The number of aryl methyl sites for hydroxylation is 2. The van der Waals surface area contributed by atoms with Crippen LogP contribution >= 0.6 is 0 Å². The molecule has 2 fully saturated rings. The molecule has 0 spiro atoms. The van der Waals surface area contributed by atoms with Gasteiger partial charge in [-0.1, -0.05) is 5.16 Å². The quantitative estimate of drug-likeness (QED) is 0.806. The number of nitrogens with zero attached hydrogens (tertiary/aromatic N) is 3. The summed E-state index contributed by atoms with van der Waals surface area (Å²) in [7, 11) is 0. The van der Waals surface area contributed by atoms with Gasteiger partial charge in [-0.05, 0) is 26.7 Å². The van der Waals surface area contributed by atoms with Gasteiger partial charge in [0.25, 0.3) is 11.8 Å². The molecule has 2 aliphatic rings. The number of hydrogen-bond acceptors (Lipinski definition) is 5. The van der Waals surface area contributed by atoms with E-state index >= 15 is 0 Å². The van der Waals surface area contributed by atoms with Crippen molar-refractivity contribution in [3.63, 3.8) is 0 Å². The highest BCUT2D eigenvalue weighted by Crippen LogP contribution is 2.18. The van der Waals surface area contributed by atoms with E-state index in [1.165, 1.54) is 0 Å². The number of piperazine rings is 1. The summed E-state index contributed by atoms with van der Waals surface area (Å²) in [5.41, 5.74) is 1.15. The molecular formula is C15H21N3O4. The van der Waals surface area contributed by atoms with Crippen LogP contribution in [0.3, 0.4) is 0 Å².